The maximum atomic E-state index is 12.7. The van der Waals surface area contributed by atoms with Gasteiger partial charge in [0.1, 0.15) is 0 Å². The molecule has 0 aliphatic carbocycles. The van der Waals surface area contributed by atoms with Crippen LogP contribution in [0.15, 0.2) is 60.8 Å². The lowest BCUT2D eigenvalue weighted by molar-refractivity contribution is 0.0994. The standard InChI is InChI=1S/C17H15N3O/c1-20(13-9-7-12(18)8-10-13)17(21)15-4-2-6-16-14(15)5-3-11-19-16/h2-11H,18H2,1H3. The van der Waals surface area contributed by atoms with Crippen LogP contribution in [0.3, 0.4) is 0 Å². The molecule has 0 unspecified atom stereocenters. The summed E-state index contributed by atoms with van der Waals surface area (Å²) >= 11 is 0. The van der Waals surface area contributed by atoms with Gasteiger partial charge in [0.05, 0.1) is 5.52 Å². The van der Waals surface area contributed by atoms with E-state index in [-0.39, 0.29) is 5.91 Å². The molecule has 0 saturated carbocycles. The summed E-state index contributed by atoms with van der Waals surface area (Å²) in [7, 11) is 1.75. The number of rotatable bonds is 2. The molecule has 2 N–H and O–H groups in total. The van der Waals surface area contributed by atoms with Crippen LogP contribution in [0.1, 0.15) is 10.4 Å². The Bertz CT molecular complexity index is 791. The van der Waals surface area contributed by atoms with E-state index in [1.165, 1.54) is 0 Å². The molecule has 4 nitrogen and oxygen atoms in total. The number of hydrogen-bond donors (Lipinski definition) is 1. The lowest BCUT2D eigenvalue weighted by atomic mass is 10.1. The minimum atomic E-state index is -0.0710. The van der Waals surface area contributed by atoms with E-state index < -0.39 is 0 Å². The van der Waals surface area contributed by atoms with Crippen molar-refractivity contribution in [2.45, 2.75) is 0 Å². The van der Waals surface area contributed by atoms with Crippen molar-refractivity contribution in [3.8, 4) is 0 Å². The fourth-order valence-corrected chi connectivity index (χ4v) is 2.29. The first-order valence-corrected chi connectivity index (χ1v) is 6.64. The molecule has 3 rings (SSSR count). The first kappa shape index (κ1) is 13.1. The molecule has 0 bridgehead atoms. The number of pyridine rings is 1. The molecule has 2 aromatic carbocycles. The molecule has 1 aromatic heterocycles. The first-order valence-electron chi connectivity index (χ1n) is 6.64. The molecule has 1 amide bonds. The van der Waals surface area contributed by atoms with Crippen molar-refractivity contribution in [1.29, 1.82) is 0 Å². The number of nitrogen functional groups attached to an aromatic ring is 1. The molecule has 0 aliphatic rings. The van der Waals surface area contributed by atoms with Gasteiger partial charge in [0.2, 0.25) is 0 Å². The van der Waals surface area contributed by atoms with Crippen molar-refractivity contribution < 1.29 is 4.79 Å². The molecule has 104 valence electrons. The fraction of sp³-hybridized carbons (Fsp3) is 0.0588. The Morgan fingerprint density at radius 1 is 1.05 bits per heavy atom. The van der Waals surface area contributed by atoms with Crippen molar-refractivity contribution in [3.05, 3.63) is 66.4 Å². The highest BCUT2D eigenvalue weighted by molar-refractivity contribution is 6.13. The molecule has 21 heavy (non-hydrogen) atoms. The zero-order valence-corrected chi connectivity index (χ0v) is 11.7. The van der Waals surface area contributed by atoms with Crippen LogP contribution in [0.2, 0.25) is 0 Å². The molecule has 0 fully saturated rings. The van der Waals surface area contributed by atoms with E-state index in [4.69, 9.17) is 5.73 Å². The number of hydrogen-bond acceptors (Lipinski definition) is 3. The van der Waals surface area contributed by atoms with Gasteiger partial charge in [-0.3, -0.25) is 9.78 Å². The van der Waals surface area contributed by atoms with E-state index in [0.717, 1.165) is 16.6 Å². The Morgan fingerprint density at radius 3 is 2.57 bits per heavy atom. The Labute approximate surface area is 122 Å². The second kappa shape index (κ2) is 5.25. The third kappa shape index (κ3) is 2.43. The molecular formula is C17H15N3O. The van der Waals surface area contributed by atoms with E-state index >= 15 is 0 Å². The molecule has 0 spiro atoms. The number of carbonyl (C=O) groups is 1. The van der Waals surface area contributed by atoms with Gasteiger partial charge in [-0.05, 0) is 42.5 Å². The predicted molar refractivity (Wildman–Crippen MR) is 85.3 cm³/mol. The van der Waals surface area contributed by atoms with Crippen LogP contribution in [0.4, 0.5) is 11.4 Å². The van der Waals surface area contributed by atoms with Crippen molar-refractivity contribution in [1.82, 2.24) is 4.98 Å². The van der Waals surface area contributed by atoms with Gasteiger partial charge in [-0.25, -0.2) is 0 Å². The van der Waals surface area contributed by atoms with E-state index in [9.17, 15) is 4.79 Å². The topological polar surface area (TPSA) is 59.2 Å². The highest BCUT2D eigenvalue weighted by atomic mass is 16.2. The summed E-state index contributed by atoms with van der Waals surface area (Å²) < 4.78 is 0. The summed E-state index contributed by atoms with van der Waals surface area (Å²) in [5.74, 6) is -0.0710. The van der Waals surface area contributed by atoms with Gasteiger partial charge < -0.3 is 10.6 Å². The number of fused-ring (bicyclic) bond motifs is 1. The summed E-state index contributed by atoms with van der Waals surface area (Å²) in [5.41, 5.74) is 8.61. The quantitative estimate of drug-likeness (QED) is 0.732. The second-order valence-corrected chi connectivity index (χ2v) is 4.83. The van der Waals surface area contributed by atoms with Crippen LogP contribution in [0.25, 0.3) is 10.9 Å². The van der Waals surface area contributed by atoms with Gasteiger partial charge in [-0.15, -0.1) is 0 Å². The van der Waals surface area contributed by atoms with Gasteiger partial charge >= 0.3 is 0 Å². The normalized spacial score (nSPS) is 10.5. The van der Waals surface area contributed by atoms with Gasteiger partial charge in [0.25, 0.3) is 5.91 Å². The zero-order valence-electron chi connectivity index (χ0n) is 11.7. The molecule has 0 saturated heterocycles. The van der Waals surface area contributed by atoms with Crippen LogP contribution in [-0.4, -0.2) is 17.9 Å². The molecule has 0 aliphatic heterocycles. The predicted octanol–water partition coefficient (Wildman–Crippen LogP) is 3.09. The number of aromatic nitrogens is 1. The summed E-state index contributed by atoms with van der Waals surface area (Å²) in [4.78, 5) is 18.6. The molecule has 0 atom stereocenters. The van der Waals surface area contributed by atoms with E-state index in [1.54, 1.807) is 30.3 Å². The van der Waals surface area contributed by atoms with Gasteiger partial charge in [-0.1, -0.05) is 12.1 Å². The Hall–Kier alpha value is -2.88. The Balaban J connectivity index is 2.02. The molecular weight excluding hydrogens is 262 g/mol. The van der Waals surface area contributed by atoms with Crippen LogP contribution < -0.4 is 10.6 Å². The number of carbonyl (C=O) groups excluding carboxylic acids is 1. The fourth-order valence-electron chi connectivity index (χ4n) is 2.29. The second-order valence-electron chi connectivity index (χ2n) is 4.83. The van der Waals surface area contributed by atoms with Crippen molar-refractivity contribution in [2.75, 3.05) is 17.7 Å². The first-order chi connectivity index (χ1) is 10.2. The number of amides is 1. The van der Waals surface area contributed by atoms with Crippen LogP contribution in [0, 0.1) is 0 Å². The van der Waals surface area contributed by atoms with E-state index in [0.29, 0.717) is 11.3 Å². The number of benzene rings is 2. The molecule has 0 radical (unpaired) electrons. The minimum absolute atomic E-state index is 0.0710. The van der Waals surface area contributed by atoms with Gasteiger partial charge in [0.15, 0.2) is 0 Å². The van der Waals surface area contributed by atoms with E-state index in [2.05, 4.69) is 4.98 Å². The number of nitrogens with two attached hydrogens (primary N) is 1. The molecule has 3 aromatic rings. The van der Waals surface area contributed by atoms with E-state index in [1.807, 2.05) is 42.5 Å². The van der Waals surface area contributed by atoms with Crippen LogP contribution >= 0.6 is 0 Å². The average Bonchev–Trinajstić information content (AvgIpc) is 2.53. The monoisotopic (exact) mass is 277 g/mol. The third-order valence-electron chi connectivity index (χ3n) is 3.46. The number of anilines is 2. The minimum Gasteiger partial charge on any atom is -0.399 e. The van der Waals surface area contributed by atoms with Crippen molar-refractivity contribution in [2.24, 2.45) is 0 Å². The van der Waals surface area contributed by atoms with Gasteiger partial charge in [0, 0.05) is 35.6 Å². The zero-order chi connectivity index (χ0) is 14.8. The lowest BCUT2D eigenvalue weighted by Gasteiger charge is -2.18. The van der Waals surface area contributed by atoms with Crippen molar-refractivity contribution >= 4 is 28.2 Å². The maximum Gasteiger partial charge on any atom is 0.258 e. The lowest BCUT2D eigenvalue weighted by Crippen LogP contribution is -2.26. The molecule has 4 heteroatoms. The maximum absolute atomic E-state index is 12.7. The largest absolute Gasteiger partial charge is 0.399 e. The summed E-state index contributed by atoms with van der Waals surface area (Å²) in [5, 5.41) is 0.854. The number of nitrogens with zero attached hydrogens (tertiary/aromatic N) is 2. The Kier molecular flexibility index (Phi) is 3.28. The van der Waals surface area contributed by atoms with Crippen molar-refractivity contribution in [3.63, 3.8) is 0 Å². The average molecular weight is 277 g/mol. The SMILES string of the molecule is CN(C(=O)c1cccc2ncccc12)c1ccc(N)cc1. The van der Waals surface area contributed by atoms with Gasteiger partial charge in [-0.2, -0.15) is 0 Å². The van der Waals surface area contributed by atoms with Crippen LogP contribution in [0.5, 0.6) is 0 Å². The Morgan fingerprint density at radius 2 is 1.81 bits per heavy atom. The third-order valence-corrected chi connectivity index (χ3v) is 3.46. The van der Waals surface area contributed by atoms with Crippen LogP contribution in [-0.2, 0) is 0 Å². The summed E-state index contributed by atoms with van der Waals surface area (Å²) in [6, 6.07) is 16.5. The highest BCUT2D eigenvalue weighted by Crippen LogP contribution is 2.21. The highest BCUT2D eigenvalue weighted by Gasteiger charge is 2.16. The smallest absolute Gasteiger partial charge is 0.258 e. The summed E-state index contributed by atoms with van der Waals surface area (Å²) in [6.07, 6.45) is 1.72. The summed E-state index contributed by atoms with van der Waals surface area (Å²) in [6.45, 7) is 0. The molecule has 1 heterocycles.